The van der Waals surface area contributed by atoms with Gasteiger partial charge in [-0.1, -0.05) is 47.5 Å². The molecule has 35 heavy (non-hydrogen) atoms. The molecule has 2 aliphatic heterocycles. The summed E-state index contributed by atoms with van der Waals surface area (Å²) in [4.78, 5) is 20.8. The van der Waals surface area contributed by atoms with Crippen LogP contribution in [0.3, 0.4) is 0 Å². The summed E-state index contributed by atoms with van der Waals surface area (Å²) in [5.74, 6) is 1.52. The van der Waals surface area contributed by atoms with Crippen LogP contribution in [0.1, 0.15) is 36.9 Å². The molecule has 2 aromatic carbocycles. The van der Waals surface area contributed by atoms with Gasteiger partial charge < -0.3 is 14.8 Å². The van der Waals surface area contributed by atoms with Crippen molar-refractivity contribution in [2.75, 3.05) is 32.7 Å². The third-order valence-electron chi connectivity index (χ3n) is 7.61. The van der Waals surface area contributed by atoms with Crippen molar-refractivity contribution < 1.29 is 4.79 Å². The van der Waals surface area contributed by atoms with E-state index in [0.29, 0.717) is 16.0 Å². The van der Waals surface area contributed by atoms with Crippen molar-refractivity contribution in [3.63, 3.8) is 0 Å². The quantitative estimate of drug-likeness (QED) is 0.376. The minimum absolute atomic E-state index is 0.0762. The molecule has 6 heteroatoms. The smallest absolute Gasteiger partial charge is 0.246 e. The Balaban J connectivity index is 1.03. The van der Waals surface area contributed by atoms with Crippen LogP contribution in [0.5, 0.6) is 0 Å². The zero-order valence-corrected chi connectivity index (χ0v) is 21.6. The summed E-state index contributed by atoms with van der Waals surface area (Å²) < 4.78 is 0. The van der Waals surface area contributed by atoms with Crippen molar-refractivity contribution in [2.45, 2.75) is 32.1 Å². The Labute approximate surface area is 217 Å². The van der Waals surface area contributed by atoms with Crippen LogP contribution in [0.25, 0.3) is 17.0 Å². The molecule has 2 fully saturated rings. The number of likely N-dealkylation sites (tertiary alicyclic amines) is 2. The van der Waals surface area contributed by atoms with E-state index >= 15 is 0 Å². The van der Waals surface area contributed by atoms with Gasteiger partial charge in [0.15, 0.2) is 0 Å². The summed E-state index contributed by atoms with van der Waals surface area (Å²) in [7, 11) is 0. The first-order valence-electron chi connectivity index (χ1n) is 12.7. The average Bonchev–Trinajstić information content (AvgIpc) is 3.28. The highest BCUT2D eigenvalue weighted by molar-refractivity contribution is 6.42. The molecule has 5 rings (SSSR count). The van der Waals surface area contributed by atoms with Crippen LogP contribution in [0.2, 0.25) is 10.0 Å². The van der Waals surface area contributed by atoms with Gasteiger partial charge in [-0.05, 0) is 98.3 Å². The Hall–Kier alpha value is -2.27. The Morgan fingerprint density at radius 3 is 2.40 bits per heavy atom. The molecule has 3 aromatic rings. The number of piperidine rings is 2. The van der Waals surface area contributed by atoms with Gasteiger partial charge in [0.25, 0.3) is 0 Å². The highest BCUT2D eigenvalue weighted by atomic mass is 35.5. The van der Waals surface area contributed by atoms with Crippen LogP contribution < -0.4 is 0 Å². The van der Waals surface area contributed by atoms with Gasteiger partial charge in [-0.15, -0.1) is 0 Å². The zero-order chi connectivity index (χ0) is 24.2. The van der Waals surface area contributed by atoms with Crippen molar-refractivity contribution >= 4 is 46.1 Å². The second kappa shape index (κ2) is 11.2. The fourth-order valence-corrected chi connectivity index (χ4v) is 5.82. The zero-order valence-electron chi connectivity index (χ0n) is 20.1. The van der Waals surface area contributed by atoms with E-state index in [4.69, 9.17) is 23.2 Å². The molecule has 2 aliphatic rings. The molecule has 4 nitrogen and oxygen atoms in total. The van der Waals surface area contributed by atoms with Gasteiger partial charge in [0, 0.05) is 36.9 Å². The van der Waals surface area contributed by atoms with Crippen LogP contribution in [-0.4, -0.2) is 53.4 Å². The largest absolute Gasteiger partial charge is 0.358 e. The molecule has 0 bridgehead atoms. The number of para-hydroxylation sites is 1. The van der Waals surface area contributed by atoms with Crippen molar-refractivity contribution in [1.82, 2.24) is 14.8 Å². The Morgan fingerprint density at radius 1 is 0.914 bits per heavy atom. The number of hydrogen-bond donors (Lipinski definition) is 1. The van der Waals surface area contributed by atoms with E-state index in [0.717, 1.165) is 43.8 Å². The molecule has 0 aliphatic carbocycles. The van der Waals surface area contributed by atoms with Crippen LogP contribution >= 0.6 is 23.2 Å². The lowest BCUT2D eigenvalue weighted by Gasteiger charge is -2.37. The van der Waals surface area contributed by atoms with E-state index < -0.39 is 0 Å². The van der Waals surface area contributed by atoms with E-state index in [1.54, 1.807) is 18.2 Å². The van der Waals surface area contributed by atoms with Gasteiger partial charge in [-0.3, -0.25) is 4.79 Å². The first-order chi connectivity index (χ1) is 17.0. The monoisotopic (exact) mass is 509 g/mol. The van der Waals surface area contributed by atoms with E-state index in [1.807, 2.05) is 17.0 Å². The molecule has 1 N–H and O–H groups in total. The highest BCUT2D eigenvalue weighted by Crippen LogP contribution is 2.27. The standard InChI is InChI=1S/C29H33Cl2N3O/c30-26-7-5-21(18-27(26)31)6-8-29(35)34-15-11-23(12-16-34)20-33-13-9-22(10-14-33)17-25-19-24-3-1-2-4-28(24)32-25/h1-8,18-19,22-23,32H,9-17,20H2/b8-6+. The van der Waals surface area contributed by atoms with Crippen LogP contribution in [0.4, 0.5) is 0 Å². The molecule has 3 heterocycles. The van der Waals surface area contributed by atoms with Crippen LogP contribution in [-0.2, 0) is 11.2 Å². The van der Waals surface area contributed by atoms with Gasteiger partial charge in [0.05, 0.1) is 10.0 Å². The molecular formula is C29H33Cl2N3O. The molecule has 0 atom stereocenters. The van der Waals surface area contributed by atoms with Crippen molar-refractivity contribution in [1.29, 1.82) is 0 Å². The number of carbonyl (C=O) groups is 1. The minimum Gasteiger partial charge on any atom is -0.358 e. The summed E-state index contributed by atoms with van der Waals surface area (Å²) in [5.41, 5.74) is 3.50. The van der Waals surface area contributed by atoms with Crippen LogP contribution in [0.15, 0.2) is 54.6 Å². The van der Waals surface area contributed by atoms with Crippen molar-refractivity contribution in [3.8, 4) is 0 Å². The van der Waals surface area contributed by atoms with Gasteiger partial charge in [0.1, 0.15) is 0 Å². The number of hydrogen-bond acceptors (Lipinski definition) is 2. The lowest BCUT2D eigenvalue weighted by atomic mass is 9.90. The summed E-state index contributed by atoms with van der Waals surface area (Å²) in [6, 6.07) is 16.3. The maximum absolute atomic E-state index is 12.6. The number of benzene rings is 2. The molecule has 0 unspecified atom stereocenters. The van der Waals surface area contributed by atoms with E-state index in [-0.39, 0.29) is 5.91 Å². The number of H-pyrrole nitrogens is 1. The number of aromatic amines is 1. The van der Waals surface area contributed by atoms with Gasteiger partial charge >= 0.3 is 0 Å². The number of fused-ring (bicyclic) bond motifs is 1. The van der Waals surface area contributed by atoms with E-state index in [9.17, 15) is 4.79 Å². The van der Waals surface area contributed by atoms with Crippen molar-refractivity contribution in [3.05, 3.63) is 75.9 Å². The number of amides is 1. The number of carbonyl (C=O) groups excluding carboxylic acids is 1. The molecule has 2 saturated heterocycles. The maximum Gasteiger partial charge on any atom is 0.246 e. The number of nitrogens with zero attached hydrogens (tertiary/aromatic N) is 2. The van der Waals surface area contributed by atoms with Gasteiger partial charge in [0.2, 0.25) is 5.91 Å². The molecule has 0 spiro atoms. The maximum atomic E-state index is 12.6. The fourth-order valence-electron chi connectivity index (χ4n) is 5.52. The summed E-state index contributed by atoms with van der Waals surface area (Å²) in [5, 5.41) is 2.34. The SMILES string of the molecule is O=C(/C=C/c1ccc(Cl)c(Cl)c1)N1CCC(CN2CCC(Cc3cc4ccccc4[nH]3)CC2)CC1. The normalized spacial score (nSPS) is 18.6. The summed E-state index contributed by atoms with van der Waals surface area (Å²) in [6.45, 7) is 5.23. The third-order valence-corrected chi connectivity index (χ3v) is 8.35. The molecule has 1 amide bonds. The molecule has 0 radical (unpaired) electrons. The highest BCUT2D eigenvalue weighted by Gasteiger charge is 2.26. The van der Waals surface area contributed by atoms with Crippen molar-refractivity contribution in [2.24, 2.45) is 11.8 Å². The van der Waals surface area contributed by atoms with Gasteiger partial charge in [-0.25, -0.2) is 0 Å². The second-order valence-corrected chi connectivity index (χ2v) is 10.9. The molecule has 184 valence electrons. The number of nitrogens with one attached hydrogen (secondary N) is 1. The summed E-state index contributed by atoms with van der Waals surface area (Å²) in [6.07, 6.45) is 9.33. The number of halogens is 2. The number of rotatable bonds is 6. The molecule has 1 aromatic heterocycles. The fraction of sp³-hybridized carbons (Fsp3) is 0.414. The third kappa shape index (κ3) is 6.30. The Bertz CT molecular complexity index is 1150. The van der Waals surface area contributed by atoms with Crippen LogP contribution in [0, 0.1) is 11.8 Å². The summed E-state index contributed by atoms with van der Waals surface area (Å²) >= 11 is 12.0. The topological polar surface area (TPSA) is 39.3 Å². The molecule has 0 saturated carbocycles. The lowest BCUT2D eigenvalue weighted by molar-refractivity contribution is -0.127. The minimum atomic E-state index is 0.0762. The Kier molecular flexibility index (Phi) is 7.81. The average molecular weight is 511 g/mol. The lowest BCUT2D eigenvalue weighted by Crippen LogP contribution is -2.43. The number of aromatic nitrogens is 1. The first kappa shape index (κ1) is 24.4. The second-order valence-electron chi connectivity index (χ2n) is 10.1. The molecular weight excluding hydrogens is 477 g/mol. The Morgan fingerprint density at radius 2 is 1.66 bits per heavy atom. The predicted octanol–water partition coefficient (Wildman–Crippen LogP) is 6.68. The van der Waals surface area contributed by atoms with E-state index in [2.05, 4.69) is 40.2 Å². The van der Waals surface area contributed by atoms with E-state index in [1.165, 1.54) is 49.1 Å². The first-order valence-corrected chi connectivity index (χ1v) is 13.5. The predicted molar refractivity (Wildman–Crippen MR) is 146 cm³/mol. The van der Waals surface area contributed by atoms with Gasteiger partial charge in [-0.2, -0.15) is 0 Å².